The first-order chi connectivity index (χ1) is 13.5. The lowest BCUT2D eigenvalue weighted by molar-refractivity contribution is -0.121. The summed E-state index contributed by atoms with van der Waals surface area (Å²) >= 11 is 0. The maximum atomic E-state index is 12.5. The Hall–Kier alpha value is -3.00. The largest absolute Gasteiger partial charge is 0.352 e. The first-order valence-corrected chi connectivity index (χ1v) is 9.61. The van der Waals surface area contributed by atoms with E-state index in [-0.39, 0.29) is 5.91 Å². The van der Waals surface area contributed by atoms with Crippen molar-refractivity contribution in [2.45, 2.75) is 32.4 Å². The molecule has 1 amide bonds. The zero-order valence-corrected chi connectivity index (χ0v) is 16.0. The van der Waals surface area contributed by atoms with Gasteiger partial charge in [0.15, 0.2) is 5.65 Å². The molecule has 3 aliphatic rings. The standard InChI is InChI=1S/C20H23N7O/c1-13-5-14(2)7-15(6-13)22-20(28)11-26-16-8-17(26)10-25(9-16)19-4-3-18-23-21-12-27(18)24-19/h3-7,12,16-17H,8-11H2,1-2H3,(H,22,28). The van der Waals surface area contributed by atoms with Gasteiger partial charge in [-0.1, -0.05) is 6.07 Å². The number of nitrogens with zero attached hydrogens (tertiary/aromatic N) is 6. The predicted octanol–water partition coefficient (Wildman–Crippen LogP) is 1.64. The zero-order valence-electron chi connectivity index (χ0n) is 16.0. The highest BCUT2D eigenvalue weighted by atomic mass is 16.2. The minimum absolute atomic E-state index is 0.0529. The van der Waals surface area contributed by atoms with Crippen LogP contribution in [-0.4, -0.2) is 62.3 Å². The van der Waals surface area contributed by atoms with Crippen LogP contribution in [0.1, 0.15) is 17.5 Å². The van der Waals surface area contributed by atoms with Crippen LogP contribution in [0.25, 0.3) is 5.65 Å². The summed E-state index contributed by atoms with van der Waals surface area (Å²) in [6, 6.07) is 10.8. The molecule has 2 bridgehead atoms. The van der Waals surface area contributed by atoms with Crippen LogP contribution >= 0.6 is 0 Å². The fourth-order valence-electron chi connectivity index (χ4n) is 4.43. The Morgan fingerprint density at radius 3 is 2.64 bits per heavy atom. The Morgan fingerprint density at radius 2 is 1.89 bits per heavy atom. The van der Waals surface area contributed by atoms with E-state index in [2.05, 4.69) is 36.5 Å². The average molecular weight is 377 g/mol. The third-order valence-electron chi connectivity index (χ3n) is 5.65. The van der Waals surface area contributed by atoms with Crippen molar-refractivity contribution in [3.8, 4) is 0 Å². The van der Waals surface area contributed by atoms with E-state index in [1.807, 2.05) is 38.1 Å². The van der Waals surface area contributed by atoms with Crippen molar-refractivity contribution in [2.24, 2.45) is 0 Å². The van der Waals surface area contributed by atoms with Gasteiger partial charge in [0.25, 0.3) is 0 Å². The number of piperazine rings is 1. The SMILES string of the molecule is Cc1cc(C)cc(NC(=O)CN2C3CC2CN(c2ccc4nncn4n2)C3)c1. The smallest absolute Gasteiger partial charge is 0.238 e. The van der Waals surface area contributed by atoms with E-state index in [1.165, 1.54) is 0 Å². The van der Waals surface area contributed by atoms with Gasteiger partial charge < -0.3 is 10.2 Å². The molecule has 8 nitrogen and oxygen atoms in total. The molecule has 28 heavy (non-hydrogen) atoms. The van der Waals surface area contributed by atoms with Gasteiger partial charge in [-0.15, -0.1) is 15.3 Å². The average Bonchev–Trinajstić information content (AvgIpc) is 3.13. The van der Waals surface area contributed by atoms with Gasteiger partial charge in [-0.3, -0.25) is 9.69 Å². The van der Waals surface area contributed by atoms with Crippen molar-refractivity contribution >= 4 is 23.1 Å². The second-order valence-corrected chi connectivity index (χ2v) is 7.87. The number of rotatable bonds is 4. The molecule has 2 aromatic heterocycles. The van der Waals surface area contributed by atoms with Crippen LogP contribution in [0.5, 0.6) is 0 Å². The van der Waals surface area contributed by atoms with Crippen LogP contribution in [0.4, 0.5) is 11.5 Å². The molecule has 0 aliphatic carbocycles. The maximum Gasteiger partial charge on any atom is 0.238 e. The van der Waals surface area contributed by atoms with Crippen molar-refractivity contribution in [1.29, 1.82) is 0 Å². The molecule has 0 saturated carbocycles. The van der Waals surface area contributed by atoms with Crippen molar-refractivity contribution in [3.63, 3.8) is 0 Å². The Balaban J connectivity index is 1.22. The van der Waals surface area contributed by atoms with Crippen molar-refractivity contribution in [3.05, 3.63) is 47.8 Å². The normalized spacial score (nSPS) is 21.6. The maximum absolute atomic E-state index is 12.5. The first-order valence-electron chi connectivity index (χ1n) is 9.61. The Labute approximate surface area is 163 Å². The highest BCUT2D eigenvalue weighted by molar-refractivity contribution is 5.92. The molecule has 3 aromatic rings. The van der Waals surface area contributed by atoms with Gasteiger partial charge in [-0.05, 0) is 55.7 Å². The van der Waals surface area contributed by atoms with Crippen molar-refractivity contribution in [1.82, 2.24) is 24.7 Å². The van der Waals surface area contributed by atoms with Crippen LogP contribution in [0.2, 0.25) is 0 Å². The molecule has 8 heteroatoms. The molecule has 3 fully saturated rings. The van der Waals surface area contributed by atoms with Crippen LogP contribution in [0, 0.1) is 13.8 Å². The molecular formula is C20H23N7O. The number of anilines is 2. The summed E-state index contributed by atoms with van der Waals surface area (Å²) in [6.07, 6.45) is 2.76. The lowest BCUT2D eigenvalue weighted by Crippen LogP contribution is -2.69. The third kappa shape index (κ3) is 3.09. The van der Waals surface area contributed by atoms with Gasteiger partial charge in [-0.25, -0.2) is 0 Å². The fourth-order valence-corrected chi connectivity index (χ4v) is 4.43. The quantitative estimate of drug-likeness (QED) is 0.745. The molecule has 2 unspecified atom stereocenters. The van der Waals surface area contributed by atoms with E-state index in [0.717, 1.165) is 47.8 Å². The number of carbonyl (C=O) groups excluding carboxylic acids is 1. The van der Waals surface area contributed by atoms with E-state index in [9.17, 15) is 4.79 Å². The summed E-state index contributed by atoms with van der Waals surface area (Å²) < 4.78 is 1.70. The molecule has 1 aromatic carbocycles. The van der Waals surface area contributed by atoms with Crippen molar-refractivity contribution < 1.29 is 4.79 Å². The number of hydrogen-bond acceptors (Lipinski definition) is 6. The molecule has 1 N–H and O–H groups in total. The van der Waals surface area contributed by atoms with E-state index < -0.39 is 0 Å². The molecule has 3 aliphatic heterocycles. The number of fused-ring (bicyclic) bond motifs is 3. The summed E-state index contributed by atoms with van der Waals surface area (Å²) in [6.45, 7) is 6.29. The van der Waals surface area contributed by atoms with E-state index in [1.54, 1.807) is 10.8 Å². The van der Waals surface area contributed by atoms with Gasteiger partial charge in [-0.2, -0.15) is 4.52 Å². The van der Waals surface area contributed by atoms with Gasteiger partial charge >= 0.3 is 0 Å². The molecule has 5 heterocycles. The molecule has 0 spiro atoms. The topological polar surface area (TPSA) is 78.7 Å². The van der Waals surface area contributed by atoms with Gasteiger partial charge in [0.1, 0.15) is 12.1 Å². The molecule has 0 radical (unpaired) electrons. The predicted molar refractivity (Wildman–Crippen MR) is 106 cm³/mol. The van der Waals surface area contributed by atoms with E-state index in [0.29, 0.717) is 18.6 Å². The minimum atomic E-state index is 0.0529. The van der Waals surface area contributed by atoms with Crippen molar-refractivity contribution in [2.75, 3.05) is 29.9 Å². The Bertz CT molecular complexity index is 1010. The summed E-state index contributed by atoms with van der Waals surface area (Å²) in [5.41, 5.74) is 3.94. The molecule has 6 rings (SSSR count). The molecule has 2 atom stereocenters. The van der Waals surface area contributed by atoms with Gasteiger partial charge in [0, 0.05) is 30.9 Å². The fraction of sp³-hybridized carbons (Fsp3) is 0.400. The number of piperidine rings is 1. The number of aryl methyl sites for hydroxylation is 2. The number of amides is 1. The van der Waals surface area contributed by atoms with E-state index >= 15 is 0 Å². The van der Waals surface area contributed by atoms with Crippen LogP contribution < -0.4 is 10.2 Å². The lowest BCUT2D eigenvalue weighted by Gasteiger charge is -2.56. The van der Waals surface area contributed by atoms with Gasteiger partial charge in [0.05, 0.1) is 6.54 Å². The Kier molecular flexibility index (Phi) is 4.01. The lowest BCUT2D eigenvalue weighted by atomic mass is 9.87. The number of nitrogens with one attached hydrogen (secondary N) is 1. The number of benzene rings is 1. The molecule has 3 saturated heterocycles. The highest BCUT2D eigenvalue weighted by Gasteiger charge is 2.45. The number of carbonyl (C=O) groups is 1. The van der Waals surface area contributed by atoms with E-state index in [4.69, 9.17) is 0 Å². The molecular weight excluding hydrogens is 354 g/mol. The summed E-state index contributed by atoms with van der Waals surface area (Å²) in [7, 11) is 0. The zero-order chi connectivity index (χ0) is 19.3. The second-order valence-electron chi connectivity index (χ2n) is 7.87. The minimum Gasteiger partial charge on any atom is -0.352 e. The summed E-state index contributed by atoms with van der Waals surface area (Å²) in [4.78, 5) is 17.1. The summed E-state index contributed by atoms with van der Waals surface area (Å²) in [5, 5.41) is 15.5. The van der Waals surface area contributed by atoms with Gasteiger partial charge in [0.2, 0.25) is 5.91 Å². The molecule has 144 valence electrons. The highest BCUT2D eigenvalue weighted by Crippen LogP contribution is 2.33. The van der Waals surface area contributed by atoms with Crippen LogP contribution in [-0.2, 0) is 4.79 Å². The monoisotopic (exact) mass is 377 g/mol. The first kappa shape index (κ1) is 17.1. The number of aromatic nitrogens is 4. The van der Waals surface area contributed by atoms with Crippen LogP contribution in [0.15, 0.2) is 36.7 Å². The Morgan fingerprint density at radius 1 is 1.14 bits per heavy atom. The number of hydrogen-bond donors (Lipinski definition) is 1. The van der Waals surface area contributed by atoms with Crippen LogP contribution in [0.3, 0.4) is 0 Å². The summed E-state index contributed by atoms with van der Waals surface area (Å²) in [5.74, 6) is 0.985. The second kappa shape index (κ2) is 6.56. The third-order valence-corrected chi connectivity index (χ3v) is 5.65.